The van der Waals surface area contributed by atoms with Crippen LogP contribution in [0.5, 0.6) is 0 Å². The number of nitrogens with one attached hydrogen (secondary N) is 1. The van der Waals surface area contributed by atoms with Crippen LogP contribution < -0.4 is 5.32 Å². The summed E-state index contributed by atoms with van der Waals surface area (Å²) in [5.74, 6) is 0.799. The second kappa shape index (κ2) is 6.86. The minimum absolute atomic E-state index is 0.627. The van der Waals surface area contributed by atoms with Crippen molar-refractivity contribution in [3.63, 3.8) is 0 Å². The molecule has 3 heteroatoms. The number of rotatable bonds is 5. The Balaban J connectivity index is 1.79. The summed E-state index contributed by atoms with van der Waals surface area (Å²) in [5, 5.41) is 3.39. The Morgan fingerprint density at radius 3 is 3.11 bits per heavy atom. The summed E-state index contributed by atoms with van der Waals surface area (Å²) in [6.45, 7) is 5.92. The minimum atomic E-state index is 0.627. The molecule has 1 aromatic rings. The fourth-order valence-corrected chi connectivity index (χ4v) is 2.76. The fraction of sp³-hybridized carbons (Fsp3) is 0.667. The van der Waals surface area contributed by atoms with Crippen molar-refractivity contribution in [3.05, 3.63) is 30.1 Å². The van der Waals surface area contributed by atoms with E-state index in [-0.39, 0.29) is 0 Å². The smallest absolute Gasteiger partial charge is 0.0416 e. The van der Waals surface area contributed by atoms with Gasteiger partial charge in [0.05, 0.1) is 0 Å². The molecule has 0 radical (unpaired) electrons. The third-order valence-corrected chi connectivity index (χ3v) is 4.11. The van der Waals surface area contributed by atoms with Gasteiger partial charge in [-0.2, -0.15) is 0 Å². The van der Waals surface area contributed by atoms with Crippen molar-refractivity contribution >= 4 is 0 Å². The average Bonchev–Trinajstić information content (AvgIpc) is 2.45. The number of hydrogen-bond acceptors (Lipinski definition) is 3. The van der Waals surface area contributed by atoms with E-state index in [0.29, 0.717) is 6.04 Å². The fourth-order valence-electron chi connectivity index (χ4n) is 2.76. The summed E-state index contributed by atoms with van der Waals surface area (Å²) in [4.78, 5) is 6.99. The highest BCUT2D eigenvalue weighted by Gasteiger charge is 2.23. The minimum Gasteiger partial charge on any atom is -0.317 e. The van der Waals surface area contributed by atoms with Crippen LogP contribution in [0.4, 0.5) is 0 Å². The van der Waals surface area contributed by atoms with Gasteiger partial charge < -0.3 is 10.2 Å². The van der Waals surface area contributed by atoms with Crippen LogP contribution in [0.2, 0.25) is 0 Å². The summed E-state index contributed by atoms with van der Waals surface area (Å²) in [6.07, 6.45) is 5.65. The average molecular weight is 247 g/mol. The monoisotopic (exact) mass is 247 g/mol. The summed E-state index contributed by atoms with van der Waals surface area (Å²) in [7, 11) is 2.07. The lowest BCUT2D eigenvalue weighted by atomic mass is 9.91. The first-order chi connectivity index (χ1) is 8.79. The van der Waals surface area contributed by atoms with Gasteiger partial charge in [0.1, 0.15) is 0 Å². The molecule has 0 spiro atoms. The predicted octanol–water partition coefficient (Wildman–Crippen LogP) is 1.94. The zero-order valence-electron chi connectivity index (χ0n) is 11.6. The van der Waals surface area contributed by atoms with Crippen LogP contribution >= 0.6 is 0 Å². The second-order valence-electron chi connectivity index (χ2n) is 5.35. The molecule has 1 fully saturated rings. The highest BCUT2D eigenvalue weighted by atomic mass is 15.1. The first kappa shape index (κ1) is 13.5. The molecular formula is C15H25N3. The lowest BCUT2D eigenvalue weighted by molar-refractivity contribution is 0.154. The molecule has 1 N–H and O–H groups in total. The van der Waals surface area contributed by atoms with Gasteiger partial charge in [0.15, 0.2) is 0 Å². The topological polar surface area (TPSA) is 28.2 Å². The molecule has 3 nitrogen and oxygen atoms in total. The van der Waals surface area contributed by atoms with Crippen LogP contribution in [0.15, 0.2) is 24.4 Å². The van der Waals surface area contributed by atoms with E-state index in [1.807, 2.05) is 12.3 Å². The van der Waals surface area contributed by atoms with Gasteiger partial charge in [-0.3, -0.25) is 4.98 Å². The normalized spacial score (nSPS) is 22.9. The lowest BCUT2D eigenvalue weighted by Gasteiger charge is -2.35. The Labute approximate surface area is 111 Å². The molecule has 1 aromatic heterocycles. The highest BCUT2D eigenvalue weighted by molar-refractivity contribution is 5.03. The van der Waals surface area contributed by atoms with E-state index in [4.69, 9.17) is 0 Å². The summed E-state index contributed by atoms with van der Waals surface area (Å²) >= 11 is 0. The van der Waals surface area contributed by atoms with Crippen LogP contribution in [0, 0.1) is 5.92 Å². The van der Waals surface area contributed by atoms with Crippen molar-refractivity contribution in [2.75, 3.05) is 26.7 Å². The van der Waals surface area contributed by atoms with Gasteiger partial charge in [0.2, 0.25) is 0 Å². The van der Waals surface area contributed by atoms with E-state index >= 15 is 0 Å². The molecule has 1 aliphatic rings. The molecule has 2 unspecified atom stereocenters. The van der Waals surface area contributed by atoms with Crippen LogP contribution in [0.1, 0.15) is 25.5 Å². The number of aromatic nitrogens is 1. The van der Waals surface area contributed by atoms with Crippen molar-refractivity contribution in [2.45, 2.75) is 32.2 Å². The molecule has 100 valence electrons. The molecule has 2 rings (SSSR count). The Morgan fingerprint density at radius 1 is 1.50 bits per heavy atom. The Kier molecular flexibility index (Phi) is 5.14. The molecule has 1 aliphatic heterocycles. The largest absolute Gasteiger partial charge is 0.317 e. The number of pyridine rings is 1. The first-order valence-electron chi connectivity index (χ1n) is 7.09. The summed E-state index contributed by atoms with van der Waals surface area (Å²) in [5.41, 5.74) is 1.21. The van der Waals surface area contributed by atoms with E-state index in [9.17, 15) is 0 Å². The van der Waals surface area contributed by atoms with Gasteiger partial charge in [-0.25, -0.2) is 0 Å². The van der Waals surface area contributed by atoms with Gasteiger partial charge in [-0.15, -0.1) is 0 Å². The van der Waals surface area contributed by atoms with Crippen LogP contribution in [0.25, 0.3) is 0 Å². The Hall–Kier alpha value is -0.930. The van der Waals surface area contributed by atoms with Gasteiger partial charge >= 0.3 is 0 Å². The summed E-state index contributed by atoms with van der Waals surface area (Å²) in [6, 6.07) is 6.81. The SMILES string of the molecule is CNC(C)C1CCCN(CCc2ccccn2)C1. The van der Waals surface area contributed by atoms with Gasteiger partial charge in [-0.05, 0) is 51.4 Å². The highest BCUT2D eigenvalue weighted by Crippen LogP contribution is 2.19. The molecular weight excluding hydrogens is 222 g/mol. The van der Waals surface area contributed by atoms with Crippen molar-refractivity contribution in [3.8, 4) is 0 Å². The predicted molar refractivity (Wildman–Crippen MR) is 75.6 cm³/mol. The second-order valence-corrected chi connectivity index (χ2v) is 5.35. The molecule has 0 saturated carbocycles. The molecule has 18 heavy (non-hydrogen) atoms. The van der Waals surface area contributed by atoms with Gasteiger partial charge in [0, 0.05) is 37.4 Å². The molecule has 0 aliphatic carbocycles. The molecule has 2 atom stereocenters. The molecule has 0 amide bonds. The molecule has 2 heterocycles. The maximum atomic E-state index is 4.39. The molecule has 0 bridgehead atoms. The first-order valence-corrected chi connectivity index (χ1v) is 7.09. The quantitative estimate of drug-likeness (QED) is 0.862. The third kappa shape index (κ3) is 3.79. The van der Waals surface area contributed by atoms with E-state index < -0.39 is 0 Å². The van der Waals surface area contributed by atoms with Crippen molar-refractivity contribution in [1.82, 2.24) is 15.2 Å². The Morgan fingerprint density at radius 2 is 2.39 bits per heavy atom. The maximum Gasteiger partial charge on any atom is 0.0416 e. The lowest BCUT2D eigenvalue weighted by Crippen LogP contribution is -2.44. The van der Waals surface area contributed by atoms with Crippen LogP contribution in [-0.4, -0.2) is 42.6 Å². The van der Waals surface area contributed by atoms with Gasteiger partial charge in [-0.1, -0.05) is 6.07 Å². The standard InChI is InChI=1S/C15H25N3/c1-13(16-2)14-6-5-10-18(12-14)11-8-15-7-3-4-9-17-15/h3-4,7,9,13-14,16H,5-6,8,10-12H2,1-2H3. The molecule has 0 aromatic carbocycles. The Bertz CT molecular complexity index is 339. The summed E-state index contributed by atoms with van der Waals surface area (Å²) < 4.78 is 0. The third-order valence-electron chi connectivity index (χ3n) is 4.11. The van der Waals surface area contributed by atoms with Crippen molar-refractivity contribution < 1.29 is 0 Å². The van der Waals surface area contributed by atoms with Crippen molar-refractivity contribution in [1.29, 1.82) is 0 Å². The van der Waals surface area contributed by atoms with Crippen LogP contribution in [0.3, 0.4) is 0 Å². The van der Waals surface area contributed by atoms with E-state index in [1.165, 1.54) is 31.6 Å². The van der Waals surface area contributed by atoms with Crippen LogP contribution in [-0.2, 0) is 6.42 Å². The zero-order chi connectivity index (χ0) is 12.8. The molecule has 1 saturated heterocycles. The number of likely N-dealkylation sites (tertiary alicyclic amines) is 1. The number of nitrogens with zero attached hydrogens (tertiary/aromatic N) is 2. The maximum absolute atomic E-state index is 4.39. The van der Waals surface area contributed by atoms with E-state index in [2.05, 4.69) is 41.3 Å². The zero-order valence-corrected chi connectivity index (χ0v) is 11.6. The van der Waals surface area contributed by atoms with E-state index in [0.717, 1.165) is 18.9 Å². The number of piperidine rings is 1. The van der Waals surface area contributed by atoms with Gasteiger partial charge in [0.25, 0.3) is 0 Å². The van der Waals surface area contributed by atoms with Crippen molar-refractivity contribution in [2.24, 2.45) is 5.92 Å². The van der Waals surface area contributed by atoms with E-state index in [1.54, 1.807) is 0 Å². The number of hydrogen-bond donors (Lipinski definition) is 1.